The third-order valence-corrected chi connectivity index (χ3v) is 4.43. The molecule has 21 heavy (non-hydrogen) atoms. The van der Waals surface area contributed by atoms with E-state index in [2.05, 4.69) is 0 Å². The molecule has 100 valence electrons. The number of rotatable bonds is 0. The van der Waals surface area contributed by atoms with Crippen LogP contribution in [0.1, 0.15) is 49.4 Å². The summed E-state index contributed by atoms with van der Waals surface area (Å²) in [6, 6.07) is 7.60. The van der Waals surface area contributed by atoms with E-state index in [0.717, 1.165) is 28.2 Å². The van der Waals surface area contributed by atoms with Crippen molar-refractivity contribution in [3.8, 4) is 11.5 Å². The number of ether oxygens (including phenoxy) is 1. The lowest BCUT2D eigenvalue weighted by atomic mass is 9.79. The topological polar surface area (TPSA) is 46.7 Å². The van der Waals surface area contributed by atoms with E-state index in [4.69, 9.17) is 4.74 Å². The summed E-state index contributed by atoms with van der Waals surface area (Å²) in [6.45, 7) is 0. The number of carbonyl (C=O) groups is 2. The maximum absolute atomic E-state index is 12.9. The quantitative estimate of drug-likeness (QED) is 0.461. The van der Waals surface area contributed by atoms with Gasteiger partial charge in [0.2, 0.25) is 0 Å². The van der Waals surface area contributed by atoms with E-state index in [1.54, 1.807) is 0 Å². The van der Waals surface area contributed by atoms with Crippen molar-refractivity contribution in [3.63, 3.8) is 0 Å². The highest BCUT2D eigenvalue weighted by Gasteiger charge is 2.41. The molecular formula is C18H10O3. The Labute approximate surface area is 120 Å². The van der Waals surface area contributed by atoms with Crippen molar-refractivity contribution < 1.29 is 14.3 Å². The first-order valence-electron chi connectivity index (χ1n) is 6.98. The molecule has 0 aromatic heterocycles. The smallest absolute Gasteiger partial charge is 0.194 e. The van der Waals surface area contributed by atoms with Crippen LogP contribution in [0, 0.1) is 0 Å². The molecule has 0 unspecified atom stereocenters. The molecule has 3 nitrogen and oxygen atoms in total. The number of hydrogen-bond acceptors (Lipinski definition) is 3. The summed E-state index contributed by atoms with van der Waals surface area (Å²) in [7, 11) is 0. The molecule has 2 aliphatic carbocycles. The van der Waals surface area contributed by atoms with Gasteiger partial charge >= 0.3 is 0 Å². The lowest BCUT2D eigenvalue weighted by Crippen LogP contribution is -2.20. The van der Waals surface area contributed by atoms with E-state index in [1.165, 1.54) is 0 Å². The molecule has 0 bridgehead atoms. The molecular weight excluding hydrogens is 264 g/mol. The summed E-state index contributed by atoms with van der Waals surface area (Å²) in [4.78, 5) is 25.2. The van der Waals surface area contributed by atoms with E-state index in [9.17, 15) is 9.59 Å². The first-order valence-corrected chi connectivity index (χ1v) is 6.98. The number of allylic oxidation sites excluding steroid dienone is 1. The molecule has 3 heteroatoms. The number of carbonyl (C=O) groups excluding carboxylic acids is 2. The van der Waals surface area contributed by atoms with Crippen LogP contribution >= 0.6 is 0 Å². The Kier molecular flexibility index (Phi) is 1.84. The summed E-state index contributed by atoms with van der Waals surface area (Å²) < 4.78 is 5.59. The second-order valence-electron chi connectivity index (χ2n) is 5.60. The Hall–Kier alpha value is -2.68. The molecule has 5 rings (SSSR count). The third-order valence-electron chi connectivity index (χ3n) is 4.43. The van der Waals surface area contributed by atoms with Crippen LogP contribution in [0.15, 0.2) is 30.3 Å². The van der Waals surface area contributed by atoms with E-state index in [-0.39, 0.29) is 11.6 Å². The zero-order valence-electron chi connectivity index (χ0n) is 11.1. The number of Topliss-reactive ketones (excluding diaryl/α,β-unsaturated/α-hetero) is 1. The standard InChI is InChI=1S/C18H10O3/c19-13-7-3-6-11-14(13)15-12(18-17(11)21-18)8-9-4-1-2-5-10(9)16(15)20/h1-6H,7-8H2. The Balaban J connectivity index is 1.87. The number of ketones is 2. The normalized spacial score (nSPS) is 16.6. The highest BCUT2D eigenvalue weighted by Crippen LogP contribution is 2.57. The van der Waals surface area contributed by atoms with Gasteiger partial charge in [-0.1, -0.05) is 36.4 Å². The average molecular weight is 274 g/mol. The van der Waals surface area contributed by atoms with Crippen molar-refractivity contribution in [1.82, 2.24) is 0 Å². The van der Waals surface area contributed by atoms with E-state index < -0.39 is 0 Å². The molecule has 2 aromatic carbocycles. The van der Waals surface area contributed by atoms with Gasteiger partial charge in [0.15, 0.2) is 23.1 Å². The first kappa shape index (κ1) is 11.0. The Morgan fingerprint density at radius 2 is 1.86 bits per heavy atom. The van der Waals surface area contributed by atoms with Crippen LogP contribution in [-0.4, -0.2) is 11.6 Å². The molecule has 0 atom stereocenters. The maximum Gasteiger partial charge on any atom is 0.194 e. The highest BCUT2D eigenvalue weighted by atomic mass is 16.6. The van der Waals surface area contributed by atoms with Gasteiger partial charge in [0, 0.05) is 40.7 Å². The van der Waals surface area contributed by atoms with Crippen LogP contribution in [-0.2, 0) is 6.42 Å². The molecule has 0 N–H and O–H groups in total. The lowest BCUT2D eigenvalue weighted by molar-refractivity contribution is 0.0975. The molecule has 0 spiro atoms. The maximum atomic E-state index is 12.9. The van der Waals surface area contributed by atoms with E-state index in [1.807, 2.05) is 36.4 Å². The van der Waals surface area contributed by atoms with Crippen molar-refractivity contribution in [2.24, 2.45) is 0 Å². The third kappa shape index (κ3) is 1.28. The zero-order valence-corrected chi connectivity index (χ0v) is 11.1. The predicted octanol–water partition coefficient (Wildman–Crippen LogP) is 3.53. The van der Waals surface area contributed by atoms with Crippen molar-refractivity contribution in [1.29, 1.82) is 0 Å². The van der Waals surface area contributed by atoms with Gasteiger partial charge in [0.25, 0.3) is 0 Å². The minimum Gasteiger partial charge on any atom is -0.448 e. The average Bonchev–Trinajstić information content (AvgIpc) is 3.29. The van der Waals surface area contributed by atoms with Gasteiger partial charge in [-0.2, -0.15) is 0 Å². The Morgan fingerprint density at radius 1 is 1.00 bits per heavy atom. The van der Waals surface area contributed by atoms with Crippen molar-refractivity contribution >= 4 is 17.6 Å². The zero-order chi connectivity index (χ0) is 14.1. The van der Waals surface area contributed by atoms with Crippen molar-refractivity contribution in [2.75, 3.05) is 0 Å². The van der Waals surface area contributed by atoms with Gasteiger partial charge in [0.05, 0.1) is 0 Å². The highest BCUT2D eigenvalue weighted by molar-refractivity contribution is 6.21. The fraction of sp³-hybridized carbons (Fsp3) is 0.111. The molecule has 3 aliphatic rings. The van der Waals surface area contributed by atoms with Crippen LogP contribution in [0.4, 0.5) is 0 Å². The number of fused-ring (bicyclic) bond motifs is 7. The first-order chi connectivity index (χ1) is 10.3. The Morgan fingerprint density at radius 3 is 2.76 bits per heavy atom. The van der Waals surface area contributed by atoms with E-state index in [0.29, 0.717) is 29.5 Å². The van der Waals surface area contributed by atoms with Crippen molar-refractivity contribution in [3.05, 3.63) is 63.7 Å². The summed E-state index contributed by atoms with van der Waals surface area (Å²) in [5, 5.41) is 0. The molecule has 0 saturated heterocycles. The molecule has 0 saturated carbocycles. The molecule has 1 aliphatic heterocycles. The largest absolute Gasteiger partial charge is 0.448 e. The Bertz CT molecular complexity index is 903. The van der Waals surface area contributed by atoms with Crippen LogP contribution in [0.25, 0.3) is 6.08 Å². The summed E-state index contributed by atoms with van der Waals surface area (Å²) in [5.41, 5.74) is 4.50. The minimum atomic E-state index is -0.0509. The van der Waals surface area contributed by atoms with Gasteiger partial charge in [-0.3, -0.25) is 9.59 Å². The molecule has 0 fully saturated rings. The second-order valence-corrected chi connectivity index (χ2v) is 5.60. The predicted molar refractivity (Wildman–Crippen MR) is 77.2 cm³/mol. The van der Waals surface area contributed by atoms with Crippen LogP contribution < -0.4 is 4.74 Å². The molecule has 2 aromatic rings. The van der Waals surface area contributed by atoms with Crippen LogP contribution in [0.3, 0.4) is 0 Å². The fourth-order valence-corrected chi connectivity index (χ4v) is 3.44. The van der Waals surface area contributed by atoms with Crippen LogP contribution in [0.5, 0.6) is 11.5 Å². The molecule has 0 amide bonds. The van der Waals surface area contributed by atoms with Gasteiger partial charge < -0.3 is 4.74 Å². The fourth-order valence-electron chi connectivity index (χ4n) is 3.44. The summed E-state index contributed by atoms with van der Waals surface area (Å²) >= 11 is 0. The van der Waals surface area contributed by atoms with Gasteiger partial charge in [0.1, 0.15) is 0 Å². The lowest BCUT2D eigenvalue weighted by Gasteiger charge is -2.21. The van der Waals surface area contributed by atoms with Gasteiger partial charge in [-0.25, -0.2) is 0 Å². The van der Waals surface area contributed by atoms with E-state index >= 15 is 0 Å². The number of benzene rings is 2. The van der Waals surface area contributed by atoms with Gasteiger partial charge in [-0.15, -0.1) is 0 Å². The monoisotopic (exact) mass is 274 g/mol. The SMILES string of the molecule is O=C1CC=Cc2c3c(c4c(c21)C(=O)c1ccccc1C4)O3. The summed E-state index contributed by atoms with van der Waals surface area (Å²) in [6.07, 6.45) is 4.74. The minimum absolute atomic E-state index is 0.00906. The second kappa shape index (κ2) is 3.50. The summed E-state index contributed by atoms with van der Waals surface area (Å²) in [5.74, 6) is 1.53. The van der Waals surface area contributed by atoms with Crippen molar-refractivity contribution in [2.45, 2.75) is 12.8 Å². The molecule has 1 heterocycles. The van der Waals surface area contributed by atoms with Crippen LogP contribution in [0.2, 0.25) is 0 Å². The van der Waals surface area contributed by atoms with Gasteiger partial charge in [-0.05, 0) is 5.56 Å². The number of hydrogen-bond donors (Lipinski definition) is 0. The molecule has 0 radical (unpaired) electrons.